The summed E-state index contributed by atoms with van der Waals surface area (Å²) in [5.41, 5.74) is -1.54. The van der Waals surface area contributed by atoms with Gasteiger partial charge in [0, 0.05) is 5.56 Å². The van der Waals surface area contributed by atoms with E-state index in [2.05, 4.69) is 6.07 Å². The van der Waals surface area contributed by atoms with Crippen LogP contribution in [0.2, 0.25) is 0 Å². The van der Waals surface area contributed by atoms with Gasteiger partial charge in [0.15, 0.2) is 0 Å². The van der Waals surface area contributed by atoms with Gasteiger partial charge in [-0.05, 0) is 29.3 Å². The van der Waals surface area contributed by atoms with Gasteiger partial charge in [0.2, 0.25) is 0 Å². The smallest absolute Gasteiger partial charge is 0.317 e. The van der Waals surface area contributed by atoms with Crippen LogP contribution in [0.1, 0.15) is 16.7 Å². The van der Waals surface area contributed by atoms with Gasteiger partial charge in [0.25, 0.3) is 0 Å². The third kappa shape index (κ3) is 1.95. The van der Waals surface area contributed by atoms with Gasteiger partial charge in [-0.1, -0.05) is 24.3 Å². The molecule has 24 heavy (non-hydrogen) atoms. The summed E-state index contributed by atoms with van der Waals surface area (Å²) in [6.07, 6.45) is 0. The van der Waals surface area contributed by atoms with E-state index >= 15 is 0 Å². The predicted octanol–water partition coefficient (Wildman–Crippen LogP) is 2.95. The van der Waals surface area contributed by atoms with Crippen LogP contribution in [0.25, 0.3) is 0 Å². The fourth-order valence-corrected chi connectivity index (χ4v) is 3.28. The highest BCUT2D eigenvalue weighted by Gasteiger charge is 2.57. The number of nitrogens with one attached hydrogen (secondary N) is 1. The van der Waals surface area contributed by atoms with E-state index in [4.69, 9.17) is 10.1 Å². The van der Waals surface area contributed by atoms with E-state index in [0.29, 0.717) is 5.56 Å². The molecule has 0 aliphatic heterocycles. The number of nitrogens with zero attached hydrogens (tertiary/aromatic N) is 1. The van der Waals surface area contributed by atoms with Gasteiger partial charge in [-0.3, -0.25) is 4.79 Å². The molecule has 3 rings (SSSR count). The molecule has 1 N–H and O–H groups in total. The zero-order valence-corrected chi connectivity index (χ0v) is 12.6. The first-order valence-electron chi connectivity index (χ1n) is 7.10. The van der Waals surface area contributed by atoms with E-state index in [1.807, 2.05) is 0 Å². The van der Waals surface area contributed by atoms with Crippen molar-refractivity contribution >= 4 is 11.7 Å². The van der Waals surface area contributed by atoms with E-state index in [1.54, 1.807) is 0 Å². The fraction of sp³-hybridized carbons (Fsp3) is 0.167. The SMILES string of the molecule is COC(=O)[C@@H]1C(=N)c2c(F)cccc2[C@]1(C#N)c1ccc(F)cc1. The molecule has 0 aromatic heterocycles. The lowest BCUT2D eigenvalue weighted by Gasteiger charge is -2.28. The Kier molecular flexibility index (Phi) is 3.64. The largest absolute Gasteiger partial charge is 0.468 e. The molecule has 1 aliphatic carbocycles. The van der Waals surface area contributed by atoms with E-state index in [9.17, 15) is 18.8 Å². The Hall–Kier alpha value is -3.07. The first kappa shape index (κ1) is 15.8. The minimum Gasteiger partial charge on any atom is -0.468 e. The van der Waals surface area contributed by atoms with Crippen LogP contribution in [-0.2, 0) is 14.9 Å². The summed E-state index contributed by atoms with van der Waals surface area (Å²) >= 11 is 0. The number of carbonyl (C=O) groups is 1. The zero-order valence-electron chi connectivity index (χ0n) is 12.6. The average Bonchev–Trinajstić information content (AvgIpc) is 2.85. The molecule has 0 saturated heterocycles. The average molecular weight is 326 g/mol. The molecule has 0 amide bonds. The number of hydrogen-bond donors (Lipinski definition) is 1. The van der Waals surface area contributed by atoms with Crippen molar-refractivity contribution in [2.24, 2.45) is 5.92 Å². The molecule has 2 atom stereocenters. The molecule has 0 saturated carbocycles. The van der Waals surface area contributed by atoms with Crippen molar-refractivity contribution in [2.45, 2.75) is 5.41 Å². The van der Waals surface area contributed by atoms with Gasteiger partial charge in [-0.15, -0.1) is 0 Å². The van der Waals surface area contributed by atoms with Crippen molar-refractivity contribution in [1.29, 1.82) is 10.7 Å². The third-order valence-electron chi connectivity index (χ3n) is 4.34. The Morgan fingerprint density at radius 1 is 1.25 bits per heavy atom. The number of hydrogen-bond acceptors (Lipinski definition) is 4. The summed E-state index contributed by atoms with van der Waals surface area (Å²) < 4.78 is 32.3. The van der Waals surface area contributed by atoms with Crippen molar-refractivity contribution in [2.75, 3.05) is 7.11 Å². The molecule has 0 radical (unpaired) electrons. The quantitative estimate of drug-likeness (QED) is 0.862. The zero-order chi connectivity index (χ0) is 17.5. The summed E-state index contributed by atoms with van der Waals surface area (Å²) in [6.45, 7) is 0. The van der Waals surface area contributed by atoms with Gasteiger partial charge in [0.1, 0.15) is 23.0 Å². The Morgan fingerprint density at radius 3 is 2.50 bits per heavy atom. The molecule has 2 aromatic rings. The number of esters is 1. The van der Waals surface area contributed by atoms with Crippen molar-refractivity contribution in [1.82, 2.24) is 0 Å². The maximum Gasteiger partial charge on any atom is 0.317 e. The minimum absolute atomic E-state index is 0.0845. The number of methoxy groups -OCH3 is 1. The van der Waals surface area contributed by atoms with Gasteiger partial charge in [0.05, 0.1) is 18.9 Å². The van der Waals surface area contributed by atoms with E-state index in [-0.39, 0.29) is 16.8 Å². The van der Waals surface area contributed by atoms with E-state index < -0.39 is 28.9 Å². The molecule has 0 heterocycles. The molecule has 0 unspecified atom stereocenters. The van der Waals surface area contributed by atoms with Crippen LogP contribution in [0.3, 0.4) is 0 Å². The molecule has 0 fully saturated rings. The molecular formula is C18H12F2N2O2. The number of carbonyl (C=O) groups excluding carboxylic acids is 1. The first-order valence-corrected chi connectivity index (χ1v) is 7.10. The molecule has 120 valence electrons. The summed E-state index contributed by atoms with van der Waals surface area (Å²) in [6, 6.07) is 11.2. The Labute approximate surface area is 136 Å². The van der Waals surface area contributed by atoms with Crippen LogP contribution in [-0.4, -0.2) is 18.8 Å². The molecule has 2 aromatic carbocycles. The van der Waals surface area contributed by atoms with Crippen molar-refractivity contribution < 1.29 is 18.3 Å². The van der Waals surface area contributed by atoms with Crippen molar-refractivity contribution in [3.05, 3.63) is 70.8 Å². The minimum atomic E-state index is -1.64. The predicted molar refractivity (Wildman–Crippen MR) is 81.5 cm³/mol. The molecule has 1 aliphatic rings. The van der Waals surface area contributed by atoms with E-state index in [0.717, 1.165) is 19.2 Å². The fourth-order valence-electron chi connectivity index (χ4n) is 3.28. The summed E-state index contributed by atoms with van der Waals surface area (Å²) in [5.74, 6) is -3.34. The van der Waals surface area contributed by atoms with Gasteiger partial charge < -0.3 is 10.1 Å². The molecular weight excluding hydrogens is 314 g/mol. The number of rotatable bonds is 2. The second-order valence-corrected chi connectivity index (χ2v) is 5.46. The Bertz CT molecular complexity index is 887. The second-order valence-electron chi connectivity index (χ2n) is 5.46. The number of ether oxygens (including phenoxy) is 1. The van der Waals surface area contributed by atoms with E-state index in [1.165, 1.54) is 30.3 Å². The van der Waals surface area contributed by atoms with Crippen LogP contribution >= 0.6 is 0 Å². The molecule has 0 spiro atoms. The lowest BCUT2D eigenvalue weighted by molar-refractivity contribution is -0.143. The van der Waals surface area contributed by atoms with Crippen LogP contribution in [0, 0.1) is 34.3 Å². The van der Waals surface area contributed by atoms with Gasteiger partial charge in [-0.25, -0.2) is 8.78 Å². The highest BCUT2D eigenvalue weighted by Crippen LogP contribution is 2.48. The Balaban J connectivity index is 2.38. The Morgan fingerprint density at radius 2 is 1.92 bits per heavy atom. The monoisotopic (exact) mass is 326 g/mol. The van der Waals surface area contributed by atoms with Crippen LogP contribution in [0.5, 0.6) is 0 Å². The number of halogens is 2. The van der Waals surface area contributed by atoms with Crippen LogP contribution in [0.15, 0.2) is 42.5 Å². The molecule has 4 nitrogen and oxygen atoms in total. The highest BCUT2D eigenvalue weighted by atomic mass is 19.1. The maximum absolute atomic E-state index is 14.3. The lowest BCUT2D eigenvalue weighted by atomic mass is 9.70. The first-order chi connectivity index (χ1) is 11.5. The van der Waals surface area contributed by atoms with Gasteiger partial charge >= 0.3 is 5.97 Å². The number of fused-ring (bicyclic) bond motifs is 1. The molecule has 0 bridgehead atoms. The maximum atomic E-state index is 14.3. The number of nitriles is 1. The molecule has 6 heteroatoms. The highest BCUT2D eigenvalue weighted by molar-refractivity contribution is 6.17. The lowest BCUT2D eigenvalue weighted by Crippen LogP contribution is -2.39. The normalized spacial score (nSPS) is 21.9. The van der Waals surface area contributed by atoms with Crippen molar-refractivity contribution in [3.8, 4) is 6.07 Å². The summed E-state index contributed by atoms with van der Waals surface area (Å²) in [7, 11) is 1.14. The standard InChI is InChI=1S/C18H12F2N2O2/c1-24-17(23)15-16(22)14-12(3-2-4-13(14)20)18(15,9-21)10-5-7-11(19)8-6-10/h2-8,15,22H,1H3/t15-,18-/m0/s1. The van der Waals surface area contributed by atoms with Crippen LogP contribution < -0.4 is 0 Å². The summed E-state index contributed by atoms with van der Waals surface area (Å²) in [5, 5.41) is 18.2. The van der Waals surface area contributed by atoms with Crippen LogP contribution in [0.4, 0.5) is 8.78 Å². The summed E-state index contributed by atoms with van der Waals surface area (Å²) in [4.78, 5) is 12.3. The topological polar surface area (TPSA) is 73.9 Å². The third-order valence-corrected chi connectivity index (χ3v) is 4.34. The van der Waals surface area contributed by atoms with Crippen molar-refractivity contribution in [3.63, 3.8) is 0 Å². The second kappa shape index (κ2) is 5.53. The number of benzene rings is 2. The van der Waals surface area contributed by atoms with Gasteiger partial charge in [-0.2, -0.15) is 5.26 Å².